The molecule has 1 N–H and O–H groups in total. The minimum atomic E-state index is -0.152. The molecule has 0 atom stereocenters. The Labute approximate surface area is 136 Å². The quantitative estimate of drug-likeness (QED) is 0.923. The van der Waals surface area contributed by atoms with E-state index < -0.39 is 0 Å². The second kappa shape index (κ2) is 6.66. The van der Waals surface area contributed by atoms with Gasteiger partial charge in [-0.05, 0) is 44.4 Å². The molecular formula is C18H20N4O. The number of imidazole rings is 1. The van der Waals surface area contributed by atoms with Crippen LogP contribution in [0.25, 0.3) is 0 Å². The number of aryl methyl sites for hydroxylation is 1. The lowest BCUT2D eigenvalue weighted by molar-refractivity contribution is 0.0954. The second-order valence-corrected chi connectivity index (χ2v) is 5.97. The molecule has 1 aliphatic carbocycles. The summed E-state index contributed by atoms with van der Waals surface area (Å²) in [6.45, 7) is 2.62. The van der Waals surface area contributed by atoms with Crippen LogP contribution in [0.4, 0.5) is 0 Å². The summed E-state index contributed by atoms with van der Waals surface area (Å²) in [5.41, 5.74) is 2.20. The van der Waals surface area contributed by atoms with Gasteiger partial charge in [-0.25, -0.2) is 4.98 Å². The van der Waals surface area contributed by atoms with E-state index in [2.05, 4.69) is 21.8 Å². The van der Waals surface area contributed by atoms with Gasteiger partial charge in [0.1, 0.15) is 5.82 Å². The normalized spacial score (nSPS) is 14.1. The lowest BCUT2D eigenvalue weighted by Gasteiger charge is -2.29. The van der Waals surface area contributed by atoms with Gasteiger partial charge in [-0.2, -0.15) is 5.26 Å². The summed E-state index contributed by atoms with van der Waals surface area (Å²) in [5, 5.41) is 11.8. The van der Waals surface area contributed by atoms with E-state index in [-0.39, 0.29) is 5.91 Å². The lowest BCUT2D eigenvalue weighted by atomic mass is 9.92. The number of nitriles is 1. The Morgan fingerprint density at radius 3 is 3.00 bits per heavy atom. The van der Waals surface area contributed by atoms with Gasteiger partial charge >= 0.3 is 0 Å². The third kappa shape index (κ3) is 3.26. The van der Waals surface area contributed by atoms with Gasteiger partial charge in [-0.15, -0.1) is 0 Å². The minimum Gasteiger partial charge on any atom is -0.352 e. The first kappa shape index (κ1) is 15.3. The van der Waals surface area contributed by atoms with Crippen molar-refractivity contribution in [2.45, 2.75) is 38.6 Å². The van der Waals surface area contributed by atoms with Gasteiger partial charge in [0.2, 0.25) is 0 Å². The first-order valence-corrected chi connectivity index (χ1v) is 8.00. The van der Waals surface area contributed by atoms with Crippen LogP contribution in [0.15, 0.2) is 30.5 Å². The highest BCUT2D eigenvalue weighted by molar-refractivity contribution is 5.94. The smallest absolute Gasteiger partial charge is 0.251 e. The fourth-order valence-electron chi connectivity index (χ4n) is 2.94. The summed E-state index contributed by atoms with van der Waals surface area (Å²) in [7, 11) is 0. The number of amides is 1. The average Bonchev–Trinajstić information content (AvgIpc) is 2.87. The van der Waals surface area contributed by atoms with Crippen LogP contribution in [0.2, 0.25) is 0 Å². The molecule has 0 saturated heterocycles. The zero-order valence-corrected chi connectivity index (χ0v) is 13.2. The molecule has 118 valence electrons. The molecule has 1 aromatic carbocycles. The number of hydrogen-bond acceptors (Lipinski definition) is 3. The molecule has 5 heteroatoms. The summed E-state index contributed by atoms with van der Waals surface area (Å²) >= 11 is 0. The van der Waals surface area contributed by atoms with Crippen LogP contribution in [0.1, 0.15) is 52.7 Å². The second-order valence-electron chi connectivity index (χ2n) is 5.97. The van der Waals surface area contributed by atoms with Crippen molar-refractivity contribution < 1.29 is 4.79 Å². The molecule has 0 radical (unpaired) electrons. The van der Waals surface area contributed by atoms with E-state index in [1.165, 1.54) is 25.0 Å². The Kier molecular flexibility index (Phi) is 4.42. The van der Waals surface area contributed by atoms with Gasteiger partial charge in [-0.1, -0.05) is 6.07 Å². The summed E-state index contributed by atoms with van der Waals surface area (Å²) in [4.78, 5) is 16.6. The molecular weight excluding hydrogens is 288 g/mol. The van der Waals surface area contributed by atoms with Crippen LogP contribution >= 0.6 is 0 Å². The van der Waals surface area contributed by atoms with E-state index in [9.17, 15) is 4.79 Å². The third-order valence-electron chi connectivity index (χ3n) is 4.39. The van der Waals surface area contributed by atoms with E-state index in [1.807, 2.05) is 12.3 Å². The first-order valence-electron chi connectivity index (χ1n) is 8.00. The largest absolute Gasteiger partial charge is 0.352 e. The lowest BCUT2D eigenvalue weighted by Crippen LogP contribution is -2.27. The molecule has 23 heavy (non-hydrogen) atoms. The highest BCUT2D eigenvalue weighted by atomic mass is 16.1. The molecule has 1 heterocycles. The van der Waals surface area contributed by atoms with Crippen molar-refractivity contribution in [1.82, 2.24) is 14.9 Å². The van der Waals surface area contributed by atoms with E-state index in [1.54, 1.807) is 24.3 Å². The molecule has 5 nitrogen and oxygen atoms in total. The third-order valence-corrected chi connectivity index (χ3v) is 4.39. The van der Waals surface area contributed by atoms with Crippen LogP contribution in [-0.4, -0.2) is 22.0 Å². The fourth-order valence-corrected chi connectivity index (χ4v) is 2.94. The number of nitrogens with one attached hydrogen (secondary N) is 1. The predicted octanol–water partition coefficient (Wildman–Crippen LogP) is 2.76. The summed E-state index contributed by atoms with van der Waals surface area (Å²) < 4.78 is 2.31. The van der Waals surface area contributed by atoms with Crippen molar-refractivity contribution in [2.75, 3.05) is 6.54 Å². The number of rotatable bonds is 5. The SMILES string of the molecule is Cc1cnc(CCNC(=O)c2cccc(C#N)c2)n1C1CCC1. The molecule has 1 amide bonds. The first-order chi connectivity index (χ1) is 11.2. The molecule has 1 aliphatic rings. The van der Waals surface area contributed by atoms with Gasteiger partial charge in [0.15, 0.2) is 0 Å². The van der Waals surface area contributed by atoms with Crippen molar-refractivity contribution in [1.29, 1.82) is 5.26 Å². The number of aromatic nitrogens is 2. The molecule has 2 aromatic rings. The van der Waals surface area contributed by atoms with Gasteiger partial charge < -0.3 is 9.88 Å². The number of carbonyl (C=O) groups excluding carboxylic acids is 1. The van der Waals surface area contributed by atoms with Gasteiger partial charge in [0.05, 0.1) is 11.6 Å². The van der Waals surface area contributed by atoms with Crippen LogP contribution in [0, 0.1) is 18.3 Å². The predicted molar refractivity (Wildman–Crippen MR) is 87.0 cm³/mol. The van der Waals surface area contributed by atoms with Crippen LogP contribution in [-0.2, 0) is 6.42 Å². The zero-order chi connectivity index (χ0) is 16.2. The molecule has 0 unspecified atom stereocenters. The highest BCUT2D eigenvalue weighted by Crippen LogP contribution is 2.33. The Hall–Kier alpha value is -2.61. The monoisotopic (exact) mass is 308 g/mol. The molecule has 0 bridgehead atoms. The molecule has 3 rings (SSSR count). The summed E-state index contributed by atoms with van der Waals surface area (Å²) in [6.07, 6.45) is 6.35. The standard InChI is InChI=1S/C18H20N4O/c1-13-12-21-17(22(13)16-6-3-7-16)8-9-20-18(23)15-5-2-4-14(10-15)11-19/h2,4-5,10,12,16H,3,6-9H2,1H3,(H,20,23). The van der Waals surface area contributed by atoms with Gasteiger partial charge in [-0.3, -0.25) is 4.79 Å². The van der Waals surface area contributed by atoms with Crippen molar-refractivity contribution in [3.8, 4) is 6.07 Å². The van der Waals surface area contributed by atoms with E-state index >= 15 is 0 Å². The molecule has 1 saturated carbocycles. The Morgan fingerprint density at radius 2 is 2.30 bits per heavy atom. The highest BCUT2D eigenvalue weighted by Gasteiger charge is 2.23. The Bertz CT molecular complexity index is 753. The van der Waals surface area contributed by atoms with Crippen molar-refractivity contribution in [3.05, 3.63) is 53.1 Å². The number of carbonyl (C=O) groups is 1. The minimum absolute atomic E-state index is 0.152. The van der Waals surface area contributed by atoms with Gasteiger partial charge in [0.25, 0.3) is 5.91 Å². The molecule has 0 spiro atoms. The fraction of sp³-hybridized carbons (Fsp3) is 0.389. The zero-order valence-electron chi connectivity index (χ0n) is 13.2. The van der Waals surface area contributed by atoms with Crippen molar-refractivity contribution >= 4 is 5.91 Å². The van der Waals surface area contributed by atoms with Crippen LogP contribution < -0.4 is 5.32 Å². The Morgan fingerprint density at radius 1 is 1.48 bits per heavy atom. The maximum Gasteiger partial charge on any atom is 0.251 e. The number of nitrogens with zero attached hydrogens (tertiary/aromatic N) is 3. The average molecular weight is 308 g/mol. The summed E-state index contributed by atoms with van der Waals surface area (Å²) in [5.74, 6) is 0.888. The number of benzene rings is 1. The maximum absolute atomic E-state index is 12.1. The van der Waals surface area contributed by atoms with Crippen LogP contribution in [0.3, 0.4) is 0 Å². The van der Waals surface area contributed by atoms with E-state index in [0.717, 1.165) is 5.82 Å². The molecule has 1 aromatic heterocycles. The van der Waals surface area contributed by atoms with Gasteiger partial charge in [0, 0.05) is 36.5 Å². The Balaban J connectivity index is 1.59. The maximum atomic E-state index is 12.1. The van der Waals surface area contributed by atoms with E-state index in [4.69, 9.17) is 5.26 Å². The summed E-state index contributed by atoms with van der Waals surface area (Å²) in [6, 6.07) is 9.36. The molecule has 0 aliphatic heterocycles. The van der Waals surface area contributed by atoms with Crippen LogP contribution in [0.5, 0.6) is 0 Å². The topological polar surface area (TPSA) is 70.7 Å². The van der Waals surface area contributed by atoms with Crippen molar-refractivity contribution in [2.24, 2.45) is 0 Å². The van der Waals surface area contributed by atoms with Crippen molar-refractivity contribution in [3.63, 3.8) is 0 Å². The molecule has 1 fully saturated rings. The number of hydrogen-bond donors (Lipinski definition) is 1. The van der Waals surface area contributed by atoms with E-state index in [0.29, 0.717) is 30.1 Å².